The number of amides is 1. The molecular formula is C19H21N3O2S2. The molecule has 26 heavy (non-hydrogen) atoms. The van der Waals surface area contributed by atoms with Crippen molar-refractivity contribution < 1.29 is 9.21 Å². The Morgan fingerprint density at radius 3 is 2.62 bits per heavy atom. The predicted octanol–water partition coefficient (Wildman–Crippen LogP) is 4.04. The molecule has 4 heterocycles. The number of furan rings is 1. The van der Waals surface area contributed by atoms with Gasteiger partial charge < -0.3 is 9.32 Å². The van der Waals surface area contributed by atoms with Crippen molar-refractivity contribution in [2.75, 3.05) is 26.2 Å². The summed E-state index contributed by atoms with van der Waals surface area (Å²) in [5.41, 5.74) is 1.13. The second-order valence-electron chi connectivity index (χ2n) is 6.50. The number of piperazine rings is 1. The van der Waals surface area contributed by atoms with E-state index in [0.717, 1.165) is 64.7 Å². The second kappa shape index (κ2) is 7.34. The fraction of sp³-hybridized carbons (Fsp3) is 0.368. The first-order valence-electron chi connectivity index (χ1n) is 8.68. The predicted molar refractivity (Wildman–Crippen MR) is 105 cm³/mol. The molecular weight excluding hydrogens is 366 g/mol. The van der Waals surface area contributed by atoms with E-state index in [1.165, 1.54) is 11.3 Å². The Hall–Kier alpha value is -1.96. The number of thiazole rings is 1. The van der Waals surface area contributed by atoms with Crippen LogP contribution in [0.5, 0.6) is 0 Å². The van der Waals surface area contributed by atoms with Gasteiger partial charge in [-0.25, -0.2) is 4.98 Å². The highest BCUT2D eigenvalue weighted by Gasteiger charge is 2.24. The van der Waals surface area contributed by atoms with E-state index in [2.05, 4.69) is 15.3 Å². The molecule has 3 aromatic heterocycles. The summed E-state index contributed by atoms with van der Waals surface area (Å²) in [4.78, 5) is 23.4. The Balaban J connectivity index is 1.35. The summed E-state index contributed by atoms with van der Waals surface area (Å²) in [6.07, 6.45) is 0. The summed E-state index contributed by atoms with van der Waals surface area (Å²) in [6, 6.07) is 7.77. The van der Waals surface area contributed by atoms with Crippen LogP contribution in [0.1, 0.15) is 26.1 Å². The highest BCUT2D eigenvalue weighted by Crippen LogP contribution is 2.30. The second-order valence-corrected chi connectivity index (χ2v) is 8.65. The Morgan fingerprint density at radius 2 is 1.96 bits per heavy atom. The van der Waals surface area contributed by atoms with Gasteiger partial charge in [-0.1, -0.05) is 0 Å². The molecule has 1 aliphatic heterocycles. The highest BCUT2D eigenvalue weighted by molar-refractivity contribution is 7.17. The molecule has 0 radical (unpaired) electrons. The lowest BCUT2D eigenvalue weighted by Gasteiger charge is -2.34. The molecule has 1 fully saturated rings. The molecule has 0 N–H and O–H groups in total. The summed E-state index contributed by atoms with van der Waals surface area (Å²) in [5.74, 6) is 1.83. The lowest BCUT2D eigenvalue weighted by molar-refractivity contribution is 0.0632. The number of thiophene rings is 1. The monoisotopic (exact) mass is 387 g/mol. The zero-order valence-electron chi connectivity index (χ0n) is 14.9. The molecule has 0 unspecified atom stereocenters. The molecule has 4 rings (SSSR count). The number of hydrogen-bond acceptors (Lipinski definition) is 6. The van der Waals surface area contributed by atoms with Crippen molar-refractivity contribution in [1.29, 1.82) is 0 Å². The van der Waals surface area contributed by atoms with Crippen molar-refractivity contribution in [2.45, 2.75) is 20.4 Å². The summed E-state index contributed by atoms with van der Waals surface area (Å²) >= 11 is 3.19. The highest BCUT2D eigenvalue weighted by atomic mass is 32.1. The third-order valence-electron chi connectivity index (χ3n) is 4.51. The molecule has 0 aromatic carbocycles. The quantitative estimate of drug-likeness (QED) is 0.678. The Kier molecular flexibility index (Phi) is 4.93. The minimum atomic E-state index is 0.119. The van der Waals surface area contributed by atoms with Gasteiger partial charge in [0.2, 0.25) is 0 Å². The zero-order chi connectivity index (χ0) is 18.1. The van der Waals surface area contributed by atoms with Crippen LogP contribution in [0.15, 0.2) is 34.1 Å². The Labute approximate surface area is 160 Å². The van der Waals surface area contributed by atoms with Crippen LogP contribution in [0.3, 0.4) is 0 Å². The van der Waals surface area contributed by atoms with E-state index < -0.39 is 0 Å². The minimum absolute atomic E-state index is 0.119. The van der Waals surface area contributed by atoms with Crippen LogP contribution < -0.4 is 0 Å². The van der Waals surface area contributed by atoms with Crippen LogP contribution in [-0.2, 0) is 6.54 Å². The average molecular weight is 388 g/mol. The molecule has 1 amide bonds. The van der Waals surface area contributed by atoms with Crippen LogP contribution in [0.4, 0.5) is 0 Å². The van der Waals surface area contributed by atoms with Crippen molar-refractivity contribution in [2.24, 2.45) is 0 Å². The van der Waals surface area contributed by atoms with Crippen molar-refractivity contribution >= 4 is 28.6 Å². The van der Waals surface area contributed by atoms with Crippen molar-refractivity contribution in [3.05, 3.63) is 51.0 Å². The summed E-state index contributed by atoms with van der Waals surface area (Å²) in [6.45, 7) is 8.12. The van der Waals surface area contributed by atoms with Crippen molar-refractivity contribution in [3.63, 3.8) is 0 Å². The van der Waals surface area contributed by atoms with E-state index in [0.29, 0.717) is 0 Å². The molecule has 0 atom stereocenters. The van der Waals surface area contributed by atoms with Gasteiger partial charge >= 0.3 is 0 Å². The number of carbonyl (C=O) groups is 1. The molecule has 7 heteroatoms. The molecule has 0 spiro atoms. The van der Waals surface area contributed by atoms with Crippen LogP contribution in [-0.4, -0.2) is 46.9 Å². The van der Waals surface area contributed by atoms with Crippen LogP contribution in [0, 0.1) is 13.8 Å². The van der Waals surface area contributed by atoms with Crippen LogP contribution >= 0.6 is 22.7 Å². The van der Waals surface area contributed by atoms with Gasteiger partial charge in [0.15, 0.2) is 0 Å². The summed E-state index contributed by atoms with van der Waals surface area (Å²) < 4.78 is 5.65. The van der Waals surface area contributed by atoms with E-state index in [4.69, 9.17) is 4.42 Å². The molecule has 1 aliphatic rings. The largest absolute Gasteiger partial charge is 0.461 e. The third-order valence-corrected chi connectivity index (χ3v) is 6.42. The van der Waals surface area contributed by atoms with Gasteiger partial charge in [0.05, 0.1) is 20.5 Å². The maximum absolute atomic E-state index is 12.8. The maximum Gasteiger partial charge on any atom is 0.264 e. The zero-order valence-corrected chi connectivity index (χ0v) is 16.5. The lowest BCUT2D eigenvalue weighted by atomic mass is 10.2. The molecule has 0 bridgehead atoms. The molecule has 0 aliphatic carbocycles. The maximum atomic E-state index is 12.8. The van der Waals surface area contributed by atoms with Gasteiger partial charge in [0.25, 0.3) is 5.91 Å². The van der Waals surface area contributed by atoms with E-state index >= 15 is 0 Å². The normalized spacial score (nSPS) is 15.5. The standard InChI is InChI=1S/C19H21N3O2S2/c1-13-3-4-16(24-13)17-5-6-18(26-17)19(23)22-9-7-21(8-10-22)11-15-12-25-14(2)20-15/h3-6,12H,7-11H2,1-2H3. The smallest absolute Gasteiger partial charge is 0.264 e. The summed E-state index contributed by atoms with van der Waals surface area (Å²) in [7, 11) is 0. The van der Waals surface area contributed by atoms with Gasteiger partial charge in [0.1, 0.15) is 11.5 Å². The van der Waals surface area contributed by atoms with Gasteiger partial charge in [-0.05, 0) is 38.1 Å². The van der Waals surface area contributed by atoms with Gasteiger partial charge in [-0.2, -0.15) is 0 Å². The van der Waals surface area contributed by atoms with E-state index in [-0.39, 0.29) is 5.91 Å². The lowest BCUT2D eigenvalue weighted by Crippen LogP contribution is -2.48. The third kappa shape index (κ3) is 3.75. The fourth-order valence-electron chi connectivity index (χ4n) is 3.13. The first-order valence-corrected chi connectivity index (χ1v) is 10.4. The van der Waals surface area contributed by atoms with Crippen molar-refractivity contribution in [1.82, 2.24) is 14.8 Å². The molecule has 0 saturated carbocycles. The minimum Gasteiger partial charge on any atom is -0.461 e. The SMILES string of the molecule is Cc1ccc(-c2ccc(C(=O)N3CCN(Cc4csc(C)n4)CC3)s2)o1. The van der Waals surface area contributed by atoms with Gasteiger partial charge in [-0.15, -0.1) is 22.7 Å². The molecule has 5 nitrogen and oxygen atoms in total. The number of hydrogen-bond donors (Lipinski definition) is 0. The number of nitrogens with zero attached hydrogens (tertiary/aromatic N) is 3. The summed E-state index contributed by atoms with van der Waals surface area (Å²) in [5, 5.41) is 3.23. The molecule has 1 saturated heterocycles. The number of aryl methyl sites for hydroxylation is 2. The first-order chi connectivity index (χ1) is 12.6. The van der Waals surface area contributed by atoms with Gasteiger partial charge in [-0.3, -0.25) is 9.69 Å². The first kappa shape index (κ1) is 17.5. The molecule has 3 aromatic rings. The Bertz CT molecular complexity index is 903. The molecule has 136 valence electrons. The van der Waals surface area contributed by atoms with Gasteiger partial charge in [0, 0.05) is 38.1 Å². The Morgan fingerprint density at radius 1 is 1.15 bits per heavy atom. The topological polar surface area (TPSA) is 49.6 Å². The van der Waals surface area contributed by atoms with E-state index in [1.54, 1.807) is 11.3 Å². The van der Waals surface area contributed by atoms with E-state index in [1.807, 2.05) is 43.0 Å². The van der Waals surface area contributed by atoms with Crippen LogP contribution in [0.2, 0.25) is 0 Å². The van der Waals surface area contributed by atoms with Crippen molar-refractivity contribution in [3.8, 4) is 10.6 Å². The number of rotatable bonds is 4. The average Bonchev–Trinajstić information content (AvgIpc) is 3.36. The number of carbonyl (C=O) groups excluding carboxylic acids is 1. The number of aromatic nitrogens is 1. The fourth-order valence-corrected chi connectivity index (χ4v) is 4.67. The van der Waals surface area contributed by atoms with Crippen LogP contribution in [0.25, 0.3) is 10.6 Å². The van der Waals surface area contributed by atoms with E-state index in [9.17, 15) is 4.79 Å².